The lowest BCUT2D eigenvalue weighted by Gasteiger charge is -1.98. The normalized spacial score (nSPS) is 11.8. The van der Waals surface area contributed by atoms with Crippen LogP contribution in [0.15, 0.2) is 27.8 Å². The van der Waals surface area contributed by atoms with E-state index in [0.717, 1.165) is 4.47 Å². The fourth-order valence-electron chi connectivity index (χ4n) is 0.682. The Kier molecular flexibility index (Phi) is 3.38. The van der Waals surface area contributed by atoms with Gasteiger partial charge >= 0.3 is 0 Å². The second-order valence-electron chi connectivity index (χ2n) is 2.02. The summed E-state index contributed by atoms with van der Waals surface area (Å²) in [5, 5.41) is 11.7. The fourth-order valence-corrected chi connectivity index (χ4v) is 1.23. The van der Waals surface area contributed by atoms with Crippen molar-refractivity contribution >= 4 is 44.3 Å². The topological polar surface area (TPSA) is 32.6 Å². The highest BCUT2D eigenvalue weighted by Gasteiger charge is 2.03. The minimum atomic E-state index is 0.0180. The van der Waals surface area contributed by atoms with Gasteiger partial charge in [-0.3, -0.25) is 0 Å². The largest absolute Gasteiger partial charge is 0.410 e. The lowest BCUT2D eigenvalue weighted by Crippen LogP contribution is -1.90. The summed E-state index contributed by atoms with van der Waals surface area (Å²) in [7, 11) is 0. The van der Waals surface area contributed by atoms with Gasteiger partial charge < -0.3 is 5.21 Å². The molecule has 0 spiro atoms. The molecule has 1 rings (SSSR count). The van der Waals surface area contributed by atoms with Gasteiger partial charge in [-0.15, -0.1) is 0 Å². The molecule has 0 amide bonds. The summed E-state index contributed by atoms with van der Waals surface area (Å²) in [6.45, 7) is 0. The quantitative estimate of drug-likeness (QED) is 0.472. The van der Waals surface area contributed by atoms with Gasteiger partial charge in [-0.2, -0.15) is 0 Å². The maximum Gasteiger partial charge on any atom is 0.175 e. The number of rotatable bonds is 1. The zero-order valence-corrected chi connectivity index (χ0v) is 8.86. The van der Waals surface area contributed by atoms with Gasteiger partial charge in [0.25, 0.3) is 0 Å². The highest BCUT2D eigenvalue weighted by Crippen LogP contribution is 2.23. The smallest absolute Gasteiger partial charge is 0.175 e. The number of benzene rings is 1. The summed E-state index contributed by atoms with van der Waals surface area (Å²) in [5.74, 6) is 0. The van der Waals surface area contributed by atoms with Gasteiger partial charge in [-0.05, 0) is 28.1 Å². The first kappa shape index (κ1) is 9.84. The van der Waals surface area contributed by atoms with Crippen LogP contribution in [0.5, 0.6) is 0 Å². The van der Waals surface area contributed by atoms with E-state index in [9.17, 15) is 0 Å². The Bertz CT molecular complexity index is 327. The summed E-state index contributed by atoms with van der Waals surface area (Å²) >= 11 is 14.5. The minimum absolute atomic E-state index is 0.0180. The standard InChI is InChI=1S/C7H4BrCl2NO/c8-5-2-1-4(3-6(5)9)7(10)11-12/h1-3,12H. The van der Waals surface area contributed by atoms with E-state index in [1.807, 2.05) is 0 Å². The van der Waals surface area contributed by atoms with Crippen LogP contribution in [-0.2, 0) is 0 Å². The van der Waals surface area contributed by atoms with Crippen LogP contribution in [0.2, 0.25) is 5.02 Å². The zero-order chi connectivity index (χ0) is 9.14. The maximum absolute atomic E-state index is 8.35. The van der Waals surface area contributed by atoms with E-state index in [4.69, 9.17) is 28.4 Å². The Balaban J connectivity index is 3.13. The van der Waals surface area contributed by atoms with Crippen molar-refractivity contribution in [1.29, 1.82) is 0 Å². The molecular weight excluding hydrogens is 265 g/mol. The molecule has 0 aliphatic heterocycles. The third-order valence-corrected chi connectivity index (χ3v) is 2.77. The van der Waals surface area contributed by atoms with Crippen molar-refractivity contribution < 1.29 is 5.21 Å². The summed E-state index contributed by atoms with van der Waals surface area (Å²) < 4.78 is 0.773. The van der Waals surface area contributed by atoms with Crippen LogP contribution < -0.4 is 0 Å². The predicted molar refractivity (Wildman–Crippen MR) is 53.3 cm³/mol. The number of hydrogen-bond donors (Lipinski definition) is 1. The Morgan fingerprint density at radius 2 is 2.17 bits per heavy atom. The highest BCUT2D eigenvalue weighted by molar-refractivity contribution is 9.10. The lowest BCUT2D eigenvalue weighted by atomic mass is 10.2. The van der Waals surface area contributed by atoms with Gasteiger partial charge in [0.1, 0.15) is 0 Å². The van der Waals surface area contributed by atoms with Gasteiger partial charge in [0.05, 0.1) is 5.02 Å². The highest BCUT2D eigenvalue weighted by atomic mass is 79.9. The summed E-state index contributed by atoms with van der Waals surface area (Å²) in [4.78, 5) is 0. The first-order valence-corrected chi connectivity index (χ1v) is 4.53. The maximum atomic E-state index is 8.35. The third-order valence-electron chi connectivity index (χ3n) is 1.25. The molecule has 1 N–H and O–H groups in total. The van der Waals surface area contributed by atoms with Crippen molar-refractivity contribution in [3.63, 3.8) is 0 Å². The molecule has 2 nitrogen and oxygen atoms in total. The zero-order valence-electron chi connectivity index (χ0n) is 5.76. The molecule has 1 aromatic carbocycles. The predicted octanol–water partition coefficient (Wildman–Crippen LogP) is 3.48. The summed E-state index contributed by atoms with van der Waals surface area (Å²) in [6, 6.07) is 5.02. The molecule has 0 saturated carbocycles. The molecule has 0 aliphatic carbocycles. The van der Waals surface area contributed by atoms with Gasteiger partial charge in [0.15, 0.2) is 5.17 Å². The summed E-state index contributed by atoms with van der Waals surface area (Å²) in [6.07, 6.45) is 0. The van der Waals surface area contributed by atoms with Gasteiger partial charge in [0, 0.05) is 10.0 Å². The van der Waals surface area contributed by atoms with Crippen LogP contribution in [0, 0.1) is 0 Å². The first-order valence-electron chi connectivity index (χ1n) is 2.98. The number of halogens is 3. The van der Waals surface area contributed by atoms with Crippen molar-refractivity contribution in [3.05, 3.63) is 33.3 Å². The molecule has 0 aliphatic rings. The van der Waals surface area contributed by atoms with Crippen molar-refractivity contribution in [1.82, 2.24) is 0 Å². The molecular formula is C7H4BrCl2NO. The first-order chi connectivity index (χ1) is 5.65. The van der Waals surface area contributed by atoms with Gasteiger partial charge in [0.2, 0.25) is 0 Å². The Morgan fingerprint density at radius 1 is 1.50 bits per heavy atom. The van der Waals surface area contributed by atoms with Crippen molar-refractivity contribution in [2.75, 3.05) is 0 Å². The third kappa shape index (κ3) is 2.12. The Morgan fingerprint density at radius 3 is 2.67 bits per heavy atom. The minimum Gasteiger partial charge on any atom is -0.410 e. The molecule has 1 aromatic rings. The molecule has 0 aromatic heterocycles. The number of nitrogens with zero attached hydrogens (tertiary/aromatic N) is 1. The molecule has 0 unspecified atom stereocenters. The average molecular weight is 269 g/mol. The Labute approximate surface area is 87.9 Å². The monoisotopic (exact) mass is 267 g/mol. The van der Waals surface area contributed by atoms with E-state index in [1.165, 1.54) is 0 Å². The molecule has 0 fully saturated rings. The van der Waals surface area contributed by atoms with Crippen LogP contribution in [0.4, 0.5) is 0 Å². The number of oxime groups is 1. The number of hydrogen-bond acceptors (Lipinski definition) is 2. The van der Waals surface area contributed by atoms with E-state index in [2.05, 4.69) is 21.1 Å². The summed E-state index contributed by atoms with van der Waals surface area (Å²) in [5.41, 5.74) is 0.576. The van der Waals surface area contributed by atoms with E-state index < -0.39 is 0 Å². The molecule has 0 radical (unpaired) electrons. The SMILES string of the molecule is ON=C(Cl)c1ccc(Br)c(Cl)c1. The van der Waals surface area contributed by atoms with Crippen LogP contribution in [0.25, 0.3) is 0 Å². The van der Waals surface area contributed by atoms with Crippen LogP contribution >= 0.6 is 39.1 Å². The molecule has 0 saturated heterocycles. The fraction of sp³-hybridized carbons (Fsp3) is 0. The molecule has 0 bridgehead atoms. The Hall–Kier alpha value is -0.250. The van der Waals surface area contributed by atoms with E-state index in [0.29, 0.717) is 10.6 Å². The van der Waals surface area contributed by atoms with E-state index in [-0.39, 0.29) is 5.17 Å². The second-order valence-corrected chi connectivity index (χ2v) is 3.64. The lowest BCUT2D eigenvalue weighted by molar-refractivity contribution is 0.321. The molecule has 5 heteroatoms. The molecule has 0 heterocycles. The van der Waals surface area contributed by atoms with Crippen LogP contribution in [0.3, 0.4) is 0 Å². The van der Waals surface area contributed by atoms with Crippen molar-refractivity contribution in [3.8, 4) is 0 Å². The van der Waals surface area contributed by atoms with Crippen LogP contribution in [-0.4, -0.2) is 10.4 Å². The van der Waals surface area contributed by atoms with Gasteiger partial charge in [-0.25, -0.2) is 0 Å². The second kappa shape index (κ2) is 4.12. The van der Waals surface area contributed by atoms with Crippen molar-refractivity contribution in [2.24, 2.45) is 5.16 Å². The molecule has 64 valence electrons. The van der Waals surface area contributed by atoms with E-state index >= 15 is 0 Å². The average Bonchev–Trinajstić information content (AvgIpc) is 2.08. The van der Waals surface area contributed by atoms with E-state index in [1.54, 1.807) is 18.2 Å². The molecule has 0 atom stereocenters. The van der Waals surface area contributed by atoms with Crippen LogP contribution in [0.1, 0.15) is 5.56 Å². The van der Waals surface area contributed by atoms with Crippen molar-refractivity contribution in [2.45, 2.75) is 0 Å². The van der Waals surface area contributed by atoms with Gasteiger partial charge in [-0.1, -0.05) is 34.4 Å². The molecule has 12 heavy (non-hydrogen) atoms.